The molecule has 2 atom stereocenters. The summed E-state index contributed by atoms with van der Waals surface area (Å²) in [5, 5.41) is -0.502. The molecule has 2 unspecified atom stereocenters. The molecule has 1 aliphatic rings. The summed E-state index contributed by atoms with van der Waals surface area (Å²) in [7, 11) is 0. The first-order chi connectivity index (χ1) is 16.8. The molecule has 1 heterocycles. The molecule has 0 N–H and O–H groups in total. The highest BCUT2D eigenvalue weighted by molar-refractivity contribution is 6.33. The molecule has 0 spiro atoms. The van der Waals surface area contributed by atoms with Gasteiger partial charge in [0.05, 0.1) is 24.0 Å². The third-order valence-electron chi connectivity index (χ3n) is 5.44. The molecule has 0 amide bonds. The second kappa shape index (κ2) is 11.2. The third kappa shape index (κ3) is 7.03. The minimum absolute atomic E-state index is 0.0388. The normalized spacial score (nSPS) is 19.1. The van der Waals surface area contributed by atoms with Crippen molar-refractivity contribution < 1.29 is 49.3 Å². The van der Waals surface area contributed by atoms with Gasteiger partial charge in [-0.3, -0.25) is 0 Å². The summed E-state index contributed by atoms with van der Waals surface area (Å²) in [5.74, 6) is -5.76. The zero-order valence-corrected chi connectivity index (χ0v) is 19.5. The van der Waals surface area contributed by atoms with Gasteiger partial charge in [0.1, 0.15) is 11.6 Å². The minimum Gasteiger partial charge on any atom is -0.459 e. The SMILES string of the molecule is CCCC1CCC(C(F)(F)Oc2cc(F)c(-c3cc(F)c(O/C=C/C(F)(F)F)c(F)c3)c(Cl)c2)OC1. The molecule has 1 saturated heterocycles. The van der Waals surface area contributed by atoms with Gasteiger partial charge in [-0.1, -0.05) is 24.9 Å². The van der Waals surface area contributed by atoms with E-state index in [0.29, 0.717) is 24.6 Å². The van der Waals surface area contributed by atoms with Crippen molar-refractivity contribution in [2.45, 2.75) is 51.0 Å². The standard InChI is InChI=1S/C24H21ClF8O3/c1-2-3-13-4-5-20(35-12-13)24(32,33)36-15-10-16(25)21(17(26)11-15)14-8-18(27)22(19(28)9-14)34-7-6-23(29,30)31/h6-11,13,20H,2-5,12H2,1H3/b7-6+. The van der Waals surface area contributed by atoms with Crippen LogP contribution < -0.4 is 9.47 Å². The fourth-order valence-electron chi connectivity index (χ4n) is 3.81. The second-order valence-corrected chi connectivity index (χ2v) is 8.62. The number of allylic oxidation sites excluding steroid dienone is 1. The molecule has 0 saturated carbocycles. The van der Waals surface area contributed by atoms with Crippen LogP contribution in [0.5, 0.6) is 11.5 Å². The van der Waals surface area contributed by atoms with Gasteiger partial charge in [-0.2, -0.15) is 22.0 Å². The molecule has 0 bridgehead atoms. The van der Waals surface area contributed by atoms with E-state index in [1.807, 2.05) is 6.92 Å². The van der Waals surface area contributed by atoms with Crippen LogP contribution in [0.3, 0.4) is 0 Å². The summed E-state index contributed by atoms with van der Waals surface area (Å²) in [5.41, 5.74) is -0.991. The van der Waals surface area contributed by atoms with Crippen LogP contribution in [0.15, 0.2) is 36.6 Å². The van der Waals surface area contributed by atoms with Gasteiger partial charge in [0.2, 0.25) is 0 Å². The van der Waals surface area contributed by atoms with Crippen molar-refractivity contribution >= 4 is 11.6 Å². The second-order valence-electron chi connectivity index (χ2n) is 8.21. The Labute approximate surface area is 206 Å². The first-order valence-electron chi connectivity index (χ1n) is 10.9. The van der Waals surface area contributed by atoms with E-state index < -0.39 is 63.5 Å². The molecule has 2 aromatic rings. The van der Waals surface area contributed by atoms with Crippen LogP contribution in [-0.4, -0.2) is 25.0 Å². The lowest BCUT2D eigenvalue weighted by atomic mass is 9.94. The third-order valence-corrected chi connectivity index (χ3v) is 5.74. The summed E-state index contributed by atoms with van der Waals surface area (Å²) in [4.78, 5) is 0. The maximum absolute atomic E-state index is 14.8. The fraction of sp³-hybridized carbons (Fsp3) is 0.417. The van der Waals surface area contributed by atoms with Crippen LogP contribution in [0.1, 0.15) is 32.6 Å². The predicted octanol–water partition coefficient (Wildman–Crippen LogP) is 8.45. The van der Waals surface area contributed by atoms with Gasteiger partial charge in [-0.05, 0) is 48.9 Å². The highest BCUT2D eigenvalue weighted by Crippen LogP contribution is 2.40. The molecular formula is C24H21ClF8O3. The molecule has 198 valence electrons. The molecule has 36 heavy (non-hydrogen) atoms. The molecule has 3 nitrogen and oxygen atoms in total. The molecule has 1 aliphatic heterocycles. The lowest BCUT2D eigenvalue weighted by molar-refractivity contribution is -0.265. The lowest BCUT2D eigenvalue weighted by Gasteiger charge is -2.33. The quantitative estimate of drug-likeness (QED) is 0.246. The van der Waals surface area contributed by atoms with E-state index in [1.165, 1.54) is 0 Å². The van der Waals surface area contributed by atoms with Crippen LogP contribution in [-0.2, 0) is 4.74 Å². The van der Waals surface area contributed by atoms with Gasteiger partial charge < -0.3 is 14.2 Å². The van der Waals surface area contributed by atoms with Crippen molar-refractivity contribution in [2.24, 2.45) is 5.92 Å². The topological polar surface area (TPSA) is 27.7 Å². The van der Waals surface area contributed by atoms with Gasteiger partial charge in [0.15, 0.2) is 23.5 Å². The zero-order chi connectivity index (χ0) is 26.7. The highest BCUT2D eigenvalue weighted by atomic mass is 35.5. The number of ether oxygens (including phenoxy) is 3. The lowest BCUT2D eigenvalue weighted by Crippen LogP contribution is -2.44. The molecule has 12 heteroatoms. The molecule has 2 aromatic carbocycles. The van der Waals surface area contributed by atoms with Gasteiger partial charge in [-0.15, -0.1) is 0 Å². The number of rotatable bonds is 8. The molecule has 1 fully saturated rings. The van der Waals surface area contributed by atoms with E-state index in [2.05, 4.69) is 9.47 Å². The number of hydrogen-bond donors (Lipinski definition) is 0. The largest absolute Gasteiger partial charge is 0.459 e. The Balaban J connectivity index is 1.79. The van der Waals surface area contributed by atoms with Crippen molar-refractivity contribution in [3.8, 4) is 22.6 Å². The van der Waals surface area contributed by atoms with Crippen LogP contribution >= 0.6 is 11.6 Å². The van der Waals surface area contributed by atoms with Gasteiger partial charge >= 0.3 is 12.3 Å². The fourth-order valence-corrected chi connectivity index (χ4v) is 4.12. The molecule has 0 radical (unpaired) electrons. The summed E-state index contributed by atoms with van der Waals surface area (Å²) >= 11 is 6.01. The Morgan fingerprint density at radius 1 is 1.00 bits per heavy atom. The van der Waals surface area contributed by atoms with E-state index in [0.717, 1.165) is 18.9 Å². The average molecular weight is 545 g/mol. The van der Waals surface area contributed by atoms with Crippen molar-refractivity contribution in [3.05, 3.63) is 59.1 Å². The van der Waals surface area contributed by atoms with E-state index in [1.54, 1.807) is 0 Å². The maximum atomic E-state index is 14.8. The first-order valence-corrected chi connectivity index (χ1v) is 11.3. The first kappa shape index (κ1) is 28.0. The Bertz CT molecular complexity index is 1050. The van der Waals surface area contributed by atoms with Crippen LogP contribution in [0.25, 0.3) is 11.1 Å². The monoisotopic (exact) mass is 544 g/mol. The summed E-state index contributed by atoms with van der Waals surface area (Å²) < 4.78 is 123. The smallest absolute Gasteiger partial charge is 0.424 e. The Morgan fingerprint density at radius 2 is 1.67 bits per heavy atom. The van der Waals surface area contributed by atoms with E-state index >= 15 is 0 Å². The van der Waals surface area contributed by atoms with Crippen LogP contribution in [0, 0.1) is 23.4 Å². The summed E-state index contributed by atoms with van der Waals surface area (Å²) in [6, 6.07) is 2.57. The molecular weight excluding hydrogens is 524 g/mol. The zero-order valence-electron chi connectivity index (χ0n) is 18.8. The molecule has 3 rings (SSSR count). The average Bonchev–Trinajstić information content (AvgIpc) is 2.75. The Morgan fingerprint density at radius 3 is 2.19 bits per heavy atom. The predicted molar refractivity (Wildman–Crippen MR) is 116 cm³/mol. The van der Waals surface area contributed by atoms with Crippen LogP contribution in [0.4, 0.5) is 35.1 Å². The number of halogens is 9. The van der Waals surface area contributed by atoms with Crippen molar-refractivity contribution in [2.75, 3.05) is 6.61 Å². The van der Waals surface area contributed by atoms with E-state index in [9.17, 15) is 35.1 Å². The molecule has 0 aliphatic carbocycles. The number of benzene rings is 2. The Hall–Kier alpha value is -2.53. The summed E-state index contributed by atoms with van der Waals surface area (Å²) in [6.45, 7) is 2.13. The van der Waals surface area contributed by atoms with Gasteiger partial charge in [0.25, 0.3) is 0 Å². The highest BCUT2D eigenvalue weighted by Gasteiger charge is 2.45. The van der Waals surface area contributed by atoms with Crippen LogP contribution in [0.2, 0.25) is 5.02 Å². The number of hydrogen-bond acceptors (Lipinski definition) is 3. The Kier molecular flexibility index (Phi) is 8.76. The van der Waals surface area contributed by atoms with Gasteiger partial charge in [-0.25, -0.2) is 13.2 Å². The summed E-state index contributed by atoms with van der Waals surface area (Å²) in [6.07, 6.45) is -8.15. The molecule has 0 aromatic heterocycles. The van der Waals surface area contributed by atoms with Crippen molar-refractivity contribution in [1.82, 2.24) is 0 Å². The number of alkyl halides is 5. The maximum Gasteiger partial charge on any atom is 0.424 e. The van der Waals surface area contributed by atoms with Crippen molar-refractivity contribution in [3.63, 3.8) is 0 Å². The van der Waals surface area contributed by atoms with E-state index in [4.69, 9.17) is 16.3 Å². The van der Waals surface area contributed by atoms with E-state index in [-0.39, 0.29) is 31.3 Å². The minimum atomic E-state index is -4.77. The van der Waals surface area contributed by atoms with Crippen molar-refractivity contribution in [1.29, 1.82) is 0 Å². The van der Waals surface area contributed by atoms with Gasteiger partial charge in [0, 0.05) is 11.6 Å².